The molecule has 1 unspecified atom stereocenters. The number of likely N-dealkylation sites (tertiary alicyclic amines) is 1. The molecule has 1 atom stereocenters. The van der Waals surface area contributed by atoms with Crippen LogP contribution in [-0.2, 0) is 17.8 Å². The minimum absolute atomic E-state index is 0.153. The molecule has 6 nitrogen and oxygen atoms in total. The Balaban J connectivity index is 1.77. The topological polar surface area (TPSA) is 50.6 Å². The molecule has 3 rings (SSSR count). The molecule has 2 aliphatic heterocycles. The number of carbonyl (C=O) groups excluding carboxylic acids is 1. The average Bonchev–Trinajstić information content (AvgIpc) is 3.07. The third kappa shape index (κ3) is 2.65. The SMILES string of the molecule is COCC1CN(C(=O)N2CCCC2)Cc2nccn2C1. The summed E-state index contributed by atoms with van der Waals surface area (Å²) in [5, 5.41) is 0. The highest BCUT2D eigenvalue weighted by atomic mass is 16.5. The van der Waals surface area contributed by atoms with Gasteiger partial charge in [0, 0.05) is 51.6 Å². The average molecular weight is 278 g/mol. The van der Waals surface area contributed by atoms with E-state index in [-0.39, 0.29) is 6.03 Å². The molecular weight excluding hydrogens is 256 g/mol. The molecular formula is C14H22N4O2. The van der Waals surface area contributed by atoms with Crippen LogP contribution in [0.3, 0.4) is 0 Å². The van der Waals surface area contributed by atoms with E-state index >= 15 is 0 Å². The van der Waals surface area contributed by atoms with E-state index in [1.54, 1.807) is 7.11 Å². The molecule has 1 aromatic heterocycles. The van der Waals surface area contributed by atoms with Crippen molar-refractivity contribution in [1.82, 2.24) is 19.4 Å². The summed E-state index contributed by atoms with van der Waals surface area (Å²) in [4.78, 5) is 20.9. The third-order valence-corrected chi connectivity index (χ3v) is 4.12. The highest BCUT2D eigenvalue weighted by Crippen LogP contribution is 2.19. The highest BCUT2D eigenvalue weighted by Gasteiger charge is 2.29. The van der Waals surface area contributed by atoms with E-state index in [0.717, 1.165) is 44.8 Å². The molecule has 0 aromatic carbocycles. The molecule has 2 amide bonds. The van der Waals surface area contributed by atoms with Crippen LogP contribution in [0.2, 0.25) is 0 Å². The number of imidazole rings is 1. The van der Waals surface area contributed by atoms with Crippen molar-refractivity contribution in [2.75, 3.05) is 33.4 Å². The van der Waals surface area contributed by atoms with Gasteiger partial charge in [-0.1, -0.05) is 0 Å². The first-order valence-electron chi connectivity index (χ1n) is 7.30. The number of methoxy groups -OCH3 is 1. The number of urea groups is 1. The number of hydrogen-bond acceptors (Lipinski definition) is 3. The van der Waals surface area contributed by atoms with Crippen molar-refractivity contribution >= 4 is 6.03 Å². The summed E-state index contributed by atoms with van der Waals surface area (Å²) in [6, 6.07) is 0.153. The van der Waals surface area contributed by atoms with Gasteiger partial charge >= 0.3 is 6.03 Å². The predicted octanol–water partition coefficient (Wildman–Crippen LogP) is 1.18. The molecule has 0 N–H and O–H groups in total. The number of fused-ring (bicyclic) bond motifs is 1. The zero-order valence-electron chi connectivity index (χ0n) is 12.0. The van der Waals surface area contributed by atoms with Gasteiger partial charge in [0.05, 0.1) is 13.2 Å². The molecule has 0 spiro atoms. The van der Waals surface area contributed by atoms with Gasteiger partial charge in [0.2, 0.25) is 0 Å². The Hall–Kier alpha value is -1.56. The second-order valence-electron chi connectivity index (χ2n) is 5.67. The summed E-state index contributed by atoms with van der Waals surface area (Å²) in [6.45, 7) is 4.65. The van der Waals surface area contributed by atoms with Crippen LogP contribution < -0.4 is 0 Å². The summed E-state index contributed by atoms with van der Waals surface area (Å²) >= 11 is 0. The summed E-state index contributed by atoms with van der Waals surface area (Å²) in [6.07, 6.45) is 6.04. The van der Waals surface area contributed by atoms with Gasteiger partial charge < -0.3 is 19.1 Å². The van der Waals surface area contributed by atoms with Crippen LogP contribution in [0.25, 0.3) is 0 Å². The van der Waals surface area contributed by atoms with Crippen LogP contribution in [0.1, 0.15) is 18.7 Å². The van der Waals surface area contributed by atoms with Crippen LogP contribution in [0.4, 0.5) is 4.79 Å². The van der Waals surface area contributed by atoms with Gasteiger partial charge in [-0.15, -0.1) is 0 Å². The lowest BCUT2D eigenvalue weighted by atomic mass is 10.1. The largest absolute Gasteiger partial charge is 0.384 e. The number of hydrogen-bond donors (Lipinski definition) is 0. The minimum atomic E-state index is 0.153. The Bertz CT molecular complexity index is 467. The first kappa shape index (κ1) is 13.4. The lowest BCUT2D eigenvalue weighted by molar-refractivity contribution is 0.112. The van der Waals surface area contributed by atoms with Crippen molar-refractivity contribution in [2.24, 2.45) is 5.92 Å². The zero-order valence-corrected chi connectivity index (χ0v) is 12.0. The van der Waals surface area contributed by atoms with E-state index in [9.17, 15) is 4.79 Å². The first-order chi connectivity index (χ1) is 9.78. The summed E-state index contributed by atoms with van der Waals surface area (Å²) in [5.74, 6) is 1.29. The Morgan fingerprint density at radius 3 is 2.90 bits per heavy atom. The number of ether oxygens (including phenoxy) is 1. The lowest BCUT2D eigenvalue weighted by Gasteiger charge is -2.28. The van der Waals surface area contributed by atoms with Crippen molar-refractivity contribution in [3.8, 4) is 0 Å². The van der Waals surface area contributed by atoms with Gasteiger partial charge in [-0.25, -0.2) is 9.78 Å². The predicted molar refractivity (Wildman–Crippen MR) is 74.2 cm³/mol. The maximum Gasteiger partial charge on any atom is 0.320 e. The molecule has 110 valence electrons. The maximum atomic E-state index is 12.6. The quantitative estimate of drug-likeness (QED) is 0.816. The number of aromatic nitrogens is 2. The lowest BCUT2D eigenvalue weighted by Crippen LogP contribution is -2.43. The fourth-order valence-electron chi connectivity index (χ4n) is 3.14. The van der Waals surface area contributed by atoms with Crippen LogP contribution in [0.15, 0.2) is 12.4 Å². The summed E-state index contributed by atoms with van der Waals surface area (Å²) in [7, 11) is 1.71. The van der Waals surface area contributed by atoms with E-state index in [4.69, 9.17) is 4.74 Å². The van der Waals surface area contributed by atoms with Crippen molar-refractivity contribution in [2.45, 2.75) is 25.9 Å². The van der Waals surface area contributed by atoms with E-state index in [1.807, 2.05) is 22.2 Å². The minimum Gasteiger partial charge on any atom is -0.384 e. The van der Waals surface area contributed by atoms with E-state index in [1.165, 1.54) is 0 Å². The van der Waals surface area contributed by atoms with Crippen LogP contribution in [-0.4, -0.2) is 58.7 Å². The molecule has 0 saturated carbocycles. The molecule has 6 heteroatoms. The standard InChI is InChI=1S/C14H22N4O2/c1-20-11-12-8-17-7-4-15-13(17)10-18(9-12)14(19)16-5-2-3-6-16/h4,7,12H,2-3,5-6,8-11H2,1H3. The molecule has 0 aliphatic carbocycles. The van der Waals surface area contributed by atoms with Gasteiger partial charge in [-0.3, -0.25) is 0 Å². The Morgan fingerprint density at radius 1 is 1.35 bits per heavy atom. The summed E-state index contributed by atoms with van der Waals surface area (Å²) < 4.78 is 7.44. The fourth-order valence-corrected chi connectivity index (χ4v) is 3.14. The van der Waals surface area contributed by atoms with Crippen molar-refractivity contribution in [1.29, 1.82) is 0 Å². The monoisotopic (exact) mass is 278 g/mol. The van der Waals surface area contributed by atoms with E-state index < -0.39 is 0 Å². The molecule has 3 heterocycles. The Labute approximate surface area is 119 Å². The molecule has 2 aliphatic rings. The second-order valence-corrected chi connectivity index (χ2v) is 5.67. The normalized spacial score (nSPS) is 22.8. The highest BCUT2D eigenvalue weighted by molar-refractivity contribution is 5.74. The number of rotatable bonds is 2. The van der Waals surface area contributed by atoms with Crippen molar-refractivity contribution in [3.63, 3.8) is 0 Å². The van der Waals surface area contributed by atoms with Crippen LogP contribution in [0.5, 0.6) is 0 Å². The Kier molecular flexibility index (Phi) is 3.91. The molecule has 1 fully saturated rings. The molecule has 20 heavy (non-hydrogen) atoms. The van der Waals surface area contributed by atoms with Gasteiger partial charge in [-0.05, 0) is 12.8 Å². The number of carbonyl (C=O) groups is 1. The van der Waals surface area contributed by atoms with Gasteiger partial charge in [0.1, 0.15) is 5.82 Å². The Morgan fingerprint density at radius 2 is 2.15 bits per heavy atom. The van der Waals surface area contributed by atoms with Crippen molar-refractivity contribution in [3.05, 3.63) is 18.2 Å². The fraction of sp³-hybridized carbons (Fsp3) is 0.714. The smallest absolute Gasteiger partial charge is 0.320 e. The number of nitrogens with zero attached hydrogens (tertiary/aromatic N) is 4. The molecule has 0 radical (unpaired) electrons. The van der Waals surface area contributed by atoms with Crippen LogP contribution in [0, 0.1) is 5.92 Å². The van der Waals surface area contributed by atoms with Crippen LogP contribution >= 0.6 is 0 Å². The maximum absolute atomic E-state index is 12.6. The molecule has 1 saturated heterocycles. The second kappa shape index (κ2) is 5.83. The summed E-state index contributed by atoms with van der Waals surface area (Å²) in [5.41, 5.74) is 0. The van der Waals surface area contributed by atoms with Gasteiger partial charge in [0.25, 0.3) is 0 Å². The first-order valence-corrected chi connectivity index (χ1v) is 7.30. The van der Waals surface area contributed by atoms with Gasteiger partial charge in [-0.2, -0.15) is 0 Å². The van der Waals surface area contributed by atoms with Gasteiger partial charge in [0.15, 0.2) is 0 Å². The van der Waals surface area contributed by atoms with E-state index in [2.05, 4.69) is 9.55 Å². The molecule has 0 bridgehead atoms. The zero-order chi connectivity index (χ0) is 13.9. The van der Waals surface area contributed by atoms with Crippen molar-refractivity contribution < 1.29 is 9.53 Å². The van der Waals surface area contributed by atoms with E-state index in [0.29, 0.717) is 19.1 Å². The molecule has 1 aromatic rings. The number of amides is 2. The third-order valence-electron chi connectivity index (χ3n) is 4.12.